The van der Waals surface area contributed by atoms with Gasteiger partial charge in [0, 0.05) is 0 Å². The summed E-state index contributed by atoms with van der Waals surface area (Å²) in [6.45, 7) is 1.90. The van der Waals surface area contributed by atoms with E-state index < -0.39 is 12.0 Å². The molecule has 6 heteroatoms. The van der Waals surface area contributed by atoms with Crippen LogP contribution >= 0.6 is 0 Å². The number of primary amides is 1. The number of carbonyl (C=O) groups excluding carboxylic acids is 2. The summed E-state index contributed by atoms with van der Waals surface area (Å²) in [6, 6.07) is 0. The molecule has 3 N–H and O–H groups in total. The van der Waals surface area contributed by atoms with E-state index in [4.69, 9.17) is 0 Å². The third kappa shape index (κ3) is 6.29. The molecule has 0 bridgehead atoms. The molecule has 0 aliphatic carbocycles. The highest BCUT2D eigenvalue weighted by atomic mass is 16.5. The first-order valence-corrected chi connectivity index (χ1v) is 2.92. The molecule has 0 saturated heterocycles. The quantitative estimate of drug-likeness (QED) is 0.417. The summed E-state index contributed by atoms with van der Waals surface area (Å²) in [5.74, 6) is -0.734. The lowest BCUT2D eigenvalue weighted by atomic mass is 10.7. The summed E-state index contributed by atoms with van der Waals surface area (Å²) in [5.41, 5.74) is 6.59. The smallest absolute Gasteiger partial charge is 0.427 e. The van der Waals surface area contributed by atoms with Crippen LogP contribution in [-0.4, -0.2) is 24.8 Å². The molecular weight excluding hydrogens is 150 g/mol. The molecule has 0 fully saturated rings. The Balaban J connectivity index is 3.53. The van der Waals surface area contributed by atoms with Gasteiger partial charge in [-0.3, -0.25) is 4.79 Å². The summed E-state index contributed by atoms with van der Waals surface area (Å²) in [5, 5.41) is 3.17. The van der Waals surface area contributed by atoms with Crippen LogP contribution in [0.15, 0.2) is 5.10 Å². The van der Waals surface area contributed by atoms with Crippen LogP contribution in [0.1, 0.15) is 6.92 Å². The number of amides is 2. The first-order chi connectivity index (χ1) is 5.16. The monoisotopic (exact) mass is 159 g/mol. The number of hydrogen-bond donors (Lipinski definition) is 2. The molecule has 0 saturated carbocycles. The fraction of sp³-hybridized carbons (Fsp3) is 0.400. The molecule has 0 aromatic carbocycles. The van der Waals surface area contributed by atoms with Crippen LogP contribution in [0.3, 0.4) is 0 Å². The van der Waals surface area contributed by atoms with Gasteiger partial charge in [-0.15, -0.1) is 0 Å². The maximum absolute atomic E-state index is 10.4. The maximum atomic E-state index is 10.4. The third-order valence-electron chi connectivity index (χ3n) is 0.623. The average molecular weight is 159 g/mol. The second kappa shape index (κ2) is 5.21. The van der Waals surface area contributed by atoms with E-state index in [1.165, 1.54) is 0 Å². The highest BCUT2D eigenvalue weighted by molar-refractivity contribution is 6.25. The van der Waals surface area contributed by atoms with Crippen LogP contribution in [0.5, 0.6) is 0 Å². The molecular formula is C5H9N3O3. The Kier molecular flexibility index (Phi) is 4.46. The van der Waals surface area contributed by atoms with Crippen LogP contribution in [0.25, 0.3) is 0 Å². The summed E-state index contributed by atoms with van der Waals surface area (Å²) < 4.78 is 4.41. The number of rotatable bonds is 3. The molecule has 6 nitrogen and oxygen atoms in total. The zero-order chi connectivity index (χ0) is 8.69. The lowest BCUT2D eigenvalue weighted by molar-refractivity contribution is -0.111. The van der Waals surface area contributed by atoms with Gasteiger partial charge in [0.15, 0.2) is 0 Å². The number of nitrogens with zero attached hydrogens (tertiary/aromatic N) is 1. The Labute approximate surface area is 63.4 Å². The number of carbonyl (C=O) groups is 2. The van der Waals surface area contributed by atoms with Gasteiger partial charge in [0.05, 0.1) is 6.61 Å². The second-order valence-electron chi connectivity index (χ2n) is 1.49. The standard InChI is InChI=1S/C5H9N3O3/c1-2-11-5(10)8-7-3-4(6)9/h3H,2H2,1H3,(H2,6,9)(H,8,10). The third-order valence-corrected chi connectivity index (χ3v) is 0.623. The molecule has 0 aliphatic rings. The molecule has 0 aliphatic heterocycles. The SMILES string of the molecule is CCOC(=O)NN=CC(N)=O. The number of ether oxygens (including phenoxy) is 1. The largest absolute Gasteiger partial charge is 0.449 e. The van der Waals surface area contributed by atoms with Crippen LogP contribution in [0.2, 0.25) is 0 Å². The fourth-order valence-corrected chi connectivity index (χ4v) is 0.312. The molecule has 0 aromatic heterocycles. The van der Waals surface area contributed by atoms with Crippen molar-refractivity contribution < 1.29 is 14.3 Å². The van der Waals surface area contributed by atoms with Gasteiger partial charge in [-0.25, -0.2) is 10.2 Å². The van der Waals surface area contributed by atoms with E-state index in [0.717, 1.165) is 6.21 Å². The summed E-state index contributed by atoms with van der Waals surface area (Å²) in [7, 11) is 0. The van der Waals surface area contributed by atoms with Crippen molar-refractivity contribution in [3.8, 4) is 0 Å². The van der Waals surface area contributed by atoms with E-state index in [1.54, 1.807) is 6.92 Å². The second-order valence-corrected chi connectivity index (χ2v) is 1.49. The molecule has 0 radical (unpaired) electrons. The van der Waals surface area contributed by atoms with E-state index in [1.807, 2.05) is 5.43 Å². The molecule has 0 spiro atoms. The minimum absolute atomic E-state index is 0.248. The summed E-state index contributed by atoms with van der Waals surface area (Å²) in [6.07, 6.45) is 0.0571. The minimum Gasteiger partial charge on any atom is -0.449 e. The lowest BCUT2D eigenvalue weighted by Crippen LogP contribution is -2.21. The van der Waals surface area contributed by atoms with Crippen molar-refractivity contribution >= 4 is 18.2 Å². The van der Waals surface area contributed by atoms with Crippen molar-refractivity contribution in [3.05, 3.63) is 0 Å². The van der Waals surface area contributed by atoms with Gasteiger partial charge in [-0.05, 0) is 6.92 Å². The van der Waals surface area contributed by atoms with E-state index >= 15 is 0 Å². The molecule has 0 heterocycles. The van der Waals surface area contributed by atoms with Gasteiger partial charge in [-0.1, -0.05) is 0 Å². The van der Waals surface area contributed by atoms with Crippen LogP contribution in [0, 0.1) is 0 Å². The first-order valence-electron chi connectivity index (χ1n) is 2.92. The minimum atomic E-state index is -0.734. The Morgan fingerprint density at radius 2 is 2.36 bits per heavy atom. The van der Waals surface area contributed by atoms with Crippen LogP contribution in [0.4, 0.5) is 4.79 Å². The van der Waals surface area contributed by atoms with Crippen molar-refractivity contribution in [2.75, 3.05) is 6.61 Å². The number of nitrogens with one attached hydrogen (secondary N) is 1. The number of nitrogens with two attached hydrogens (primary N) is 1. The Hall–Kier alpha value is -1.59. The van der Waals surface area contributed by atoms with Gasteiger partial charge < -0.3 is 10.5 Å². The van der Waals surface area contributed by atoms with E-state index in [0.29, 0.717) is 0 Å². The van der Waals surface area contributed by atoms with Gasteiger partial charge in [0.2, 0.25) is 0 Å². The molecule has 0 rings (SSSR count). The zero-order valence-corrected chi connectivity index (χ0v) is 6.03. The first kappa shape index (κ1) is 9.41. The van der Waals surface area contributed by atoms with E-state index in [2.05, 4.69) is 15.6 Å². The highest BCUT2D eigenvalue weighted by Gasteiger charge is 1.94. The molecule has 0 atom stereocenters. The topological polar surface area (TPSA) is 93.8 Å². The van der Waals surface area contributed by atoms with Gasteiger partial charge in [0.1, 0.15) is 6.21 Å². The van der Waals surface area contributed by atoms with Crippen molar-refractivity contribution in [2.45, 2.75) is 6.92 Å². The van der Waals surface area contributed by atoms with E-state index in [9.17, 15) is 9.59 Å². The Morgan fingerprint density at radius 3 is 2.82 bits per heavy atom. The summed E-state index contributed by atoms with van der Waals surface area (Å²) in [4.78, 5) is 20.4. The molecule has 0 aromatic rings. The molecule has 2 amide bonds. The Morgan fingerprint density at radius 1 is 1.73 bits per heavy atom. The fourth-order valence-electron chi connectivity index (χ4n) is 0.312. The zero-order valence-electron chi connectivity index (χ0n) is 6.03. The van der Waals surface area contributed by atoms with E-state index in [-0.39, 0.29) is 6.61 Å². The number of hydrazone groups is 1. The predicted octanol–water partition coefficient (Wildman–Crippen LogP) is -0.796. The molecule has 11 heavy (non-hydrogen) atoms. The van der Waals surface area contributed by atoms with Crippen LogP contribution < -0.4 is 11.2 Å². The number of hydrogen-bond acceptors (Lipinski definition) is 4. The van der Waals surface area contributed by atoms with Gasteiger partial charge >= 0.3 is 6.09 Å². The van der Waals surface area contributed by atoms with Gasteiger partial charge in [-0.2, -0.15) is 5.10 Å². The Bertz CT molecular complexity index is 178. The van der Waals surface area contributed by atoms with Crippen LogP contribution in [-0.2, 0) is 9.53 Å². The predicted molar refractivity (Wildman–Crippen MR) is 37.8 cm³/mol. The van der Waals surface area contributed by atoms with Crippen molar-refractivity contribution in [3.63, 3.8) is 0 Å². The lowest BCUT2D eigenvalue weighted by Gasteiger charge is -1.97. The average Bonchev–Trinajstić information content (AvgIpc) is 1.87. The normalized spacial score (nSPS) is 9.55. The van der Waals surface area contributed by atoms with Crippen molar-refractivity contribution in [1.29, 1.82) is 0 Å². The summed E-state index contributed by atoms with van der Waals surface area (Å²) >= 11 is 0. The molecule has 62 valence electrons. The highest BCUT2D eigenvalue weighted by Crippen LogP contribution is 1.73. The van der Waals surface area contributed by atoms with Gasteiger partial charge in [0.25, 0.3) is 5.91 Å². The van der Waals surface area contributed by atoms with Crippen molar-refractivity contribution in [1.82, 2.24) is 5.43 Å². The molecule has 0 unspecified atom stereocenters. The maximum Gasteiger partial charge on any atom is 0.427 e. The van der Waals surface area contributed by atoms with Crippen molar-refractivity contribution in [2.24, 2.45) is 10.8 Å².